The van der Waals surface area contributed by atoms with Crippen LogP contribution in [-0.4, -0.2) is 71.8 Å². The molecule has 5 atom stereocenters. The molecule has 0 N–H and O–H groups in total. The molecule has 3 aromatic carbocycles. The lowest BCUT2D eigenvalue weighted by Crippen LogP contribution is -2.56. The minimum Gasteiger partial charge on any atom is -0.369 e. The van der Waals surface area contributed by atoms with Crippen molar-refractivity contribution in [2.45, 2.75) is 103 Å². The number of carbonyl (C=O) groups is 2. The second-order valence-corrected chi connectivity index (χ2v) is 13.1. The highest BCUT2D eigenvalue weighted by atomic mass is 16.8. The smallest absolute Gasteiger partial charge is 0.220 e. The minimum absolute atomic E-state index is 0.0127. The van der Waals surface area contributed by atoms with Crippen molar-refractivity contribution in [2.24, 2.45) is 0 Å². The molecule has 252 valence electrons. The average molecular weight is 646 g/mol. The van der Waals surface area contributed by atoms with Crippen molar-refractivity contribution in [3.05, 3.63) is 108 Å². The lowest BCUT2D eigenvalue weighted by molar-refractivity contribution is -0.177. The number of ether oxygens (including phenoxy) is 6. The first-order valence-corrected chi connectivity index (χ1v) is 16.3. The summed E-state index contributed by atoms with van der Waals surface area (Å²) in [6, 6.07) is 28.5. The molecule has 2 aliphatic heterocycles. The Bertz CT molecular complexity index is 1430. The van der Waals surface area contributed by atoms with Gasteiger partial charge in [-0.2, -0.15) is 0 Å². The quantitative estimate of drug-likeness (QED) is 0.204. The number of rotatable bonds is 15. The Labute approximate surface area is 278 Å². The van der Waals surface area contributed by atoms with E-state index in [1.54, 1.807) is 4.90 Å². The molecule has 47 heavy (non-hydrogen) atoms. The van der Waals surface area contributed by atoms with Crippen molar-refractivity contribution in [1.82, 2.24) is 4.90 Å². The number of amides is 1. The van der Waals surface area contributed by atoms with Gasteiger partial charge in [-0.1, -0.05) is 91.0 Å². The largest absolute Gasteiger partial charge is 0.369 e. The van der Waals surface area contributed by atoms with Crippen LogP contribution in [0.5, 0.6) is 0 Å². The average Bonchev–Trinajstić information content (AvgIpc) is 3.58. The molecule has 0 radical (unpaired) electrons. The van der Waals surface area contributed by atoms with Crippen LogP contribution in [-0.2, 0) is 57.8 Å². The van der Waals surface area contributed by atoms with Gasteiger partial charge in [0.05, 0.1) is 25.9 Å². The van der Waals surface area contributed by atoms with E-state index in [9.17, 15) is 9.59 Å². The molecule has 0 bridgehead atoms. The van der Waals surface area contributed by atoms with E-state index in [0.717, 1.165) is 16.7 Å². The van der Waals surface area contributed by atoms with Crippen molar-refractivity contribution in [1.29, 1.82) is 0 Å². The van der Waals surface area contributed by atoms with E-state index in [2.05, 4.69) is 0 Å². The maximum atomic E-state index is 13.7. The fourth-order valence-electron chi connectivity index (χ4n) is 6.22. The van der Waals surface area contributed by atoms with Gasteiger partial charge < -0.3 is 33.3 Å². The number of hydrogen-bond donors (Lipinski definition) is 0. The lowest BCUT2D eigenvalue weighted by atomic mass is 9.92. The van der Waals surface area contributed by atoms with Crippen molar-refractivity contribution < 1.29 is 38.0 Å². The van der Waals surface area contributed by atoms with Gasteiger partial charge >= 0.3 is 0 Å². The number of nitrogens with zero attached hydrogens (tertiary/aromatic N) is 1. The summed E-state index contributed by atoms with van der Waals surface area (Å²) < 4.78 is 37.9. The Morgan fingerprint density at radius 2 is 1.36 bits per heavy atom. The van der Waals surface area contributed by atoms with E-state index in [4.69, 9.17) is 28.4 Å². The third-order valence-corrected chi connectivity index (χ3v) is 8.36. The lowest BCUT2D eigenvalue weighted by Gasteiger charge is -2.40. The highest BCUT2D eigenvalue weighted by Crippen LogP contribution is 2.39. The summed E-state index contributed by atoms with van der Waals surface area (Å²) in [5, 5.41) is 0. The molecule has 3 aromatic rings. The van der Waals surface area contributed by atoms with Gasteiger partial charge in [-0.3, -0.25) is 9.59 Å². The van der Waals surface area contributed by atoms with Crippen LogP contribution in [0.25, 0.3) is 0 Å². The van der Waals surface area contributed by atoms with E-state index in [1.165, 1.54) is 6.92 Å². The number of ketones is 1. The molecule has 2 heterocycles. The highest BCUT2D eigenvalue weighted by molar-refractivity contribution is 5.81. The summed E-state index contributed by atoms with van der Waals surface area (Å²) in [5.41, 5.74) is 2.85. The van der Waals surface area contributed by atoms with Gasteiger partial charge in [0.25, 0.3) is 0 Å². The van der Waals surface area contributed by atoms with E-state index in [0.29, 0.717) is 13.2 Å². The molecule has 9 heteroatoms. The van der Waals surface area contributed by atoms with Crippen LogP contribution in [0.15, 0.2) is 91.0 Å². The number of hydrogen-bond acceptors (Lipinski definition) is 8. The first-order valence-electron chi connectivity index (χ1n) is 16.3. The normalized spacial score (nSPS) is 22.9. The van der Waals surface area contributed by atoms with Crippen molar-refractivity contribution in [3.8, 4) is 0 Å². The Morgan fingerprint density at radius 3 is 1.91 bits per heavy atom. The summed E-state index contributed by atoms with van der Waals surface area (Å²) in [6.07, 6.45) is -2.53. The molecule has 2 saturated heterocycles. The molecule has 0 spiro atoms. The molecule has 2 fully saturated rings. The van der Waals surface area contributed by atoms with Gasteiger partial charge in [0.15, 0.2) is 17.4 Å². The predicted octanol–water partition coefficient (Wildman–Crippen LogP) is 5.84. The van der Waals surface area contributed by atoms with Gasteiger partial charge in [-0.15, -0.1) is 0 Å². The minimum atomic E-state index is -0.979. The summed E-state index contributed by atoms with van der Waals surface area (Å²) in [4.78, 5) is 29.0. The molecular weight excluding hydrogens is 598 g/mol. The molecule has 0 saturated carbocycles. The van der Waals surface area contributed by atoms with Crippen LogP contribution in [0, 0.1) is 0 Å². The van der Waals surface area contributed by atoms with Gasteiger partial charge in [0, 0.05) is 19.9 Å². The number of carbonyl (C=O) groups excluding carboxylic acids is 2. The molecule has 5 rings (SSSR count). The summed E-state index contributed by atoms with van der Waals surface area (Å²) in [6.45, 7) is 9.94. The molecule has 0 aromatic heterocycles. The molecule has 0 aliphatic carbocycles. The van der Waals surface area contributed by atoms with E-state index >= 15 is 0 Å². The number of benzene rings is 3. The monoisotopic (exact) mass is 645 g/mol. The van der Waals surface area contributed by atoms with Crippen LogP contribution >= 0.6 is 0 Å². The second-order valence-electron chi connectivity index (χ2n) is 13.1. The van der Waals surface area contributed by atoms with Crippen LogP contribution < -0.4 is 0 Å². The zero-order valence-corrected chi connectivity index (χ0v) is 28.0. The fourth-order valence-corrected chi connectivity index (χ4v) is 6.22. The molecule has 2 aliphatic rings. The first kappa shape index (κ1) is 34.9. The van der Waals surface area contributed by atoms with Gasteiger partial charge in [0.2, 0.25) is 5.91 Å². The fraction of sp³-hybridized carbons (Fsp3) is 0.474. The van der Waals surface area contributed by atoms with Crippen LogP contribution in [0.3, 0.4) is 0 Å². The van der Waals surface area contributed by atoms with Crippen LogP contribution in [0.4, 0.5) is 0 Å². The third kappa shape index (κ3) is 9.79. The predicted molar refractivity (Wildman–Crippen MR) is 176 cm³/mol. The van der Waals surface area contributed by atoms with Gasteiger partial charge in [0.1, 0.15) is 31.0 Å². The Hall–Kier alpha value is -3.44. The van der Waals surface area contributed by atoms with Crippen LogP contribution in [0.1, 0.15) is 57.7 Å². The summed E-state index contributed by atoms with van der Waals surface area (Å²) >= 11 is 0. The standard InChI is InChI=1S/C38H47NO8/c1-27(40)39(22-28-15-9-6-10-16-28)32(21-31(41)25-42-23-29-17-11-7-12-18-29)34(43-24-30-19-13-8-14-20-30)36-35(46-38(4,5)47-36)33-26-44-37(2,3)45-33/h6-20,32-36H,21-26H2,1-5H3/t32-,33-,34+,35-,36-/m1/s1. The Balaban J connectivity index is 1.49. The Kier molecular flexibility index (Phi) is 11.6. The van der Waals surface area contributed by atoms with Gasteiger partial charge in [-0.25, -0.2) is 0 Å². The first-order chi connectivity index (χ1) is 22.5. The maximum absolute atomic E-state index is 13.7. The zero-order chi connectivity index (χ0) is 33.4. The van der Waals surface area contributed by atoms with Crippen LogP contribution in [0.2, 0.25) is 0 Å². The molecular formula is C38H47NO8. The Morgan fingerprint density at radius 1 is 0.787 bits per heavy atom. The van der Waals surface area contributed by atoms with E-state index < -0.39 is 42.0 Å². The molecule has 0 unspecified atom stereocenters. The molecule has 1 amide bonds. The zero-order valence-electron chi connectivity index (χ0n) is 28.0. The van der Waals surface area contributed by atoms with Crippen molar-refractivity contribution >= 4 is 11.7 Å². The van der Waals surface area contributed by atoms with Crippen molar-refractivity contribution in [2.75, 3.05) is 13.2 Å². The van der Waals surface area contributed by atoms with Crippen molar-refractivity contribution in [3.63, 3.8) is 0 Å². The SMILES string of the molecule is CC(=O)N(Cc1ccccc1)[C@H](CC(=O)COCc1ccccc1)[C@H](OCc1ccccc1)[C@H]1OC(C)(C)O[C@@H]1[C@H]1COC(C)(C)O1. The maximum Gasteiger partial charge on any atom is 0.220 e. The van der Waals surface area contributed by atoms with E-state index in [-0.39, 0.29) is 37.9 Å². The highest BCUT2D eigenvalue weighted by Gasteiger charge is 2.55. The topological polar surface area (TPSA) is 92.8 Å². The summed E-state index contributed by atoms with van der Waals surface area (Å²) in [7, 11) is 0. The second kappa shape index (κ2) is 15.6. The number of Topliss-reactive ketones (excluding diaryl/α,β-unsaturated/α-hetero) is 1. The van der Waals surface area contributed by atoms with E-state index in [1.807, 2.05) is 119 Å². The molecule has 9 nitrogen and oxygen atoms in total. The van der Waals surface area contributed by atoms with Gasteiger partial charge in [-0.05, 0) is 44.4 Å². The summed E-state index contributed by atoms with van der Waals surface area (Å²) in [5.74, 6) is -2.12. The third-order valence-electron chi connectivity index (χ3n) is 8.36.